The summed E-state index contributed by atoms with van der Waals surface area (Å²) in [5.74, 6) is 3.06. The zero-order chi connectivity index (χ0) is 14.8. The summed E-state index contributed by atoms with van der Waals surface area (Å²) in [6.07, 6.45) is 3.13. The second kappa shape index (κ2) is 9.63. The van der Waals surface area contributed by atoms with Gasteiger partial charge in [0.1, 0.15) is 0 Å². The van der Waals surface area contributed by atoms with Gasteiger partial charge in [-0.2, -0.15) is 26.7 Å². The van der Waals surface area contributed by atoms with Gasteiger partial charge in [0.05, 0.1) is 0 Å². The molecule has 0 bridgehead atoms. The molecule has 0 aliphatic carbocycles. The Balaban J connectivity index is 2.88. The molecule has 0 radical (unpaired) electrons. The maximum atomic E-state index is 4.50. The molecular weight excluding hydrogens is 272 g/mol. The molecule has 114 valence electrons. The van der Waals surface area contributed by atoms with Crippen molar-refractivity contribution in [1.29, 1.82) is 0 Å². The van der Waals surface area contributed by atoms with E-state index in [-0.39, 0.29) is 0 Å². The van der Waals surface area contributed by atoms with Gasteiger partial charge in [-0.15, -0.1) is 0 Å². The molecule has 0 spiro atoms. The second-order valence-electron chi connectivity index (χ2n) is 4.30. The minimum Gasteiger partial charge on any atom is -0.354 e. The van der Waals surface area contributed by atoms with Gasteiger partial charge in [0.2, 0.25) is 17.8 Å². The van der Waals surface area contributed by atoms with Crippen LogP contribution in [0.3, 0.4) is 0 Å². The van der Waals surface area contributed by atoms with Crippen LogP contribution in [0.15, 0.2) is 0 Å². The quantitative estimate of drug-likeness (QED) is 0.643. The van der Waals surface area contributed by atoms with Gasteiger partial charge < -0.3 is 15.5 Å². The van der Waals surface area contributed by atoms with Crippen LogP contribution in [0.5, 0.6) is 0 Å². The fourth-order valence-electron chi connectivity index (χ4n) is 1.67. The number of thioether (sulfide) groups is 1. The minimum atomic E-state index is 0.648. The van der Waals surface area contributed by atoms with Gasteiger partial charge in [-0.3, -0.25) is 0 Å². The number of nitrogens with one attached hydrogen (secondary N) is 2. The first-order chi connectivity index (χ1) is 9.74. The van der Waals surface area contributed by atoms with E-state index in [1.54, 1.807) is 11.8 Å². The summed E-state index contributed by atoms with van der Waals surface area (Å²) in [4.78, 5) is 15.5. The Morgan fingerprint density at radius 2 is 1.55 bits per heavy atom. The molecule has 0 fully saturated rings. The monoisotopic (exact) mass is 298 g/mol. The summed E-state index contributed by atoms with van der Waals surface area (Å²) >= 11 is 1.80. The Kier molecular flexibility index (Phi) is 8.10. The molecule has 1 aromatic heterocycles. The molecule has 1 rings (SSSR count). The van der Waals surface area contributed by atoms with E-state index in [2.05, 4.69) is 57.5 Å². The maximum Gasteiger partial charge on any atom is 0.231 e. The van der Waals surface area contributed by atoms with Gasteiger partial charge in [0, 0.05) is 31.9 Å². The summed E-state index contributed by atoms with van der Waals surface area (Å²) in [5, 5.41) is 6.49. The van der Waals surface area contributed by atoms with Crippen molar-refractivity contribution in [3.63, 3.8) is 0 Å². The lowest BCUT2D eigenvalue weighted by Crippen LogP contribution is -2.25. The van der Waals surface area contributed by atoms with Crippen LogP contribution >= 0.6 is 11.8 Å². The van der Waals surface area contributed by atoms with Gasteiger partial charge in [0.25, 0.3) is 0 Å². The van der Waals surface area contributed by atoms with Crippen molar-refractivity contribution in [2.45, 2.75) is 27.2 Å². The average molecular weight is 298 g/mol. The lowest BCUT2D eigenvalue weighted by Gasteiger charge is -2.19. The summed E-state index contributed by atoms with van der Waals surface area (Å²) in [6, 6.07) is 0. The summed E-state index contributed by atoms with van der Waals surface area (Å²) in [7, 11) is 0. The molecule has 0 saturated heterocycles. The highest BCUT2D eigenvalue weighted by Gasteiger charge is 2.10. The van der Waals surface area contributed by atoms with E-state index in [4.69, 9.17) is 0 Å². The topological polar surface area (TPSA) is 66.0 Å². The van der Waals surface area contributed by atoms with E-state index in [0.717, 1.165) is 44.3 Å². The number of hydrogen-bond acceptors (Lipinski definition) is 7. The van der Waals surface area contributed by atoms with Gasteiger partial charge in [0.15, 0.2) is 0 Å². The highest BCUT2D eigenvalue weighted by atomic mass is 32.2. The smallest absolute Gasteiger partial charge is 0.231 e. The third-order valence-corrected chi connectivity index (χ3v) is 3.40. The van der Waals surface area contributed by atoms with Crippen molar-refractivity contribution in [1.82, 2.24) is 15.0 Å². The molecule has 0 aromatic carbocycles. The Morgan fingerprint density at radius 3 is 2.05 bits per heavy atom. The lowest BCUT2D eigenvalue weighted by atomic mass is 10.5. The third-order valence-electron chi connectivity index (χ3n) is 2.79. The zero-order valence-electron chi connectivity index (χ0n) is 12.9. The van der Waals surface area contributed by atoms with Crippen LogP contribution in [0, 0.1) is 0 Å². The molecule has 20 heavy (non-hydrogen) atoms. The predicted molar refractivity (Wildman–Crippen MR) is 89.0 cm³/mol. The largest absolute Gasteiger partial charge is 0.354 e. The van der Waals surface area contributed by atoms with E-state index in [1.165, 1.54) is 0 Å². The van der Waals surface area contributed by atoms with Crippen molar-refractivity contribution >= 4 is 29.6 Å². The highest BCUT2D eigenvalue weighted by molar-refractivity contribution is 7.98. The highest BCUT2D eigenvalue weighted by Crippen LogP contribution is 2.13. The number of aromatic nitrogens is 3. The van der Waals surface area contributed by atoms with Gasteiger partial charge in [-0.1, -0.05) is 6.92 Å². The molecule has 0 aliphatic heterocycles. The maximum absolute atomic E-state index is 4.50. The molecule has 2 N–H and O–H groups in total. The van der Waals surface area contributed by atoms with Crippen molar-refractivity contribution in [2.24, 2.45) is 0 Å². The molecule has 1 heterocycles. The molecular formula is C13H26N6S. The fraction of sp³-hybridized carbons (Fsp3) is 0.769. The van der Waals surface area contributed by atoms with Crippen LogP contribution < -0.4 is 15.5 Å². The SMILES string of the molecule is CCCNc1nc(NCCSC)nc(N(CC)CC)n1. The fourth-order valence-corrected chi connectivity index (χ4v) is 1.98. The Hall–Kier alpha value is -1.24. The van der Waals surface area contributed by atoms with Crippen LogP contribution in [0.2, 0.25) is 0 Å². The molecule has 0 aliphatic rings. The number of nitrogens with zero attached hydrogens (tertiary/aromatic N) is 4. The van der Waals surface area contributed by atoms with Crippen molar-refractivity contribution < 1.29 is 0 Å². The molecule has 1 aromatic rings. The molecule has 0 atom stereocenters. The summed E-state index contributed by atoms with van der Waals surface area (Å²) in [5.41, 5.74) is 0. The minimum absolute atomic E-state index is 0.648. The van der Waals surface area contributed by atoms with Gasteiger partial charge in [-0.25, -0.2) is 0 Å². The van der Waals surface area contributed by atoms with E-state index in [1.807, 2.05) is 0 Å². The zero-order valence-corrected chi connectivity index (χ0v) is 13.8. The van der Waals surface area contributed by atoms with E-state index in [9.17, 15) is 0 Å². The Morgan fingerprint density at radius 1 is 0.950 bits per heavy atom. The molecule has 0 saturated carbocycles. The van der Waals surface area contributed by atoms with E-state index in [0.29, 0.717) is 11.9 Å². The van der Waals surface area contributed by atoms with Crippen LogP contribution in [0.25, 0.3) is 0 Å². The number of rotatable bonds is 10. The van der Waals surface area contributed by atoms with Crippen molar-refractivity contribution in [3.05, 3.63) is 0 Å². The number of hydrogen-bond donors (Lipinski definition) is 2. The first kappa shape index (κ1) is 16.8. The van der Waals surface area contributed by atoms with Crippen molar-refractivity contribution in [2.75, 3.05) is 53.7 Å². The lowest BCUT2D eigenvalue weighted by molar-refractivity contribution is 0.810. The Labute approximate surface area is 126 Å². The van der Waals surface area contributed by atoms with Gasteiger partial charge >= 0.3 is 0 Å². The van der Waals surface area contributed by atoms with E-state index < -0.39 is 0 Å². The first-order valence-corrected chi connectivity index (χ1v) is 8.62. The van der Waals surface area contributed by atoms with Gasteiger partial charge in [-0.05, 0) is 26.5 Å². The predicted octanol–water partition coefficient (Wildman–Crippen LogP) is 2.31. The summed E-state index contributed by atoms with van der Waals surface area (Å²) < 4.78 is 0. The first-order valence-electron chi connectivity index (χ1n) is 7.22. The van der Waals surface area contributed by atoms with Crippen molar-refractivity contribution in [3.8, 4) is 0 Å². The molecule has 0 amide bonds. The standard InChI is InChI=1S/C13H26N6S/c1-5-8-14-11-16-12(15-9-10-20-4)18-13(17-11)19(6-2)7-3/h5-10H2,1-4H3,(H2,14,15,16,17,18). The Bertz CT molecular complexity index is 383. The second-order valence-corrected chi connectivity index (χ2v) is 5.29. The molecule has 0 unspecified atom stereocenters. The normalized spacial score (nSPS) is 10.4. The van der Waals surface area contributed by atoms with Crippen LogP contribution in [-0.4, -0.2) is 53.1 Å². The number of anilines is 3. The third kappa shape index (κ3) is 5.40. The van der Waals surface area contributed by atoms with E-state index >= 15 is 0 Å². The molecule has 6 nitrogen and oxygen atoms in total. The van der Waals surface area contributed by atoms with Crippen LogP contribution in [0.1, 0.15) is 27.2 Å². The van der Waals surface area contributed by atoms with Crippen LogP contribution in [-0.2, 0) is 0 Å². The average Bonchev–Trinajstić information content (AvgIpc) is 2.47. The summed E-state index contributed by atoms with van der Waals surface area (Å²) in [6.45, 7) is 9.83. The van der Waals surface area contributed by atoms with Crippen LogP contribution in [0.4, 0.5) is 17.8 Å². The molecule has 7 heteroatoms.